The van der Waals surface area contributed by atoms with E-state index >= 15 is 0 Å². The molecule has 5 rings (SSSR count). The summed E-state index contributed by atoms with van der Waals surface area (Å²) in [5, 5.41) is 4.13. The van der Waals surface area contributed by atoms with E-state index in [1.54, 1.807) is 6.92 Å². The molecule has 3 aliphatic rings. The minimum atomic E-state index is -0.496. The van der Waals surface area contributed by atoms with Crippen LogP contribution >= 0.6 is 0 Å². The van der Waals surface area contributed by atoms with Gasteiger partial charge < -0.3 is 14.7 Å². The van der Waals surface area contributed by atoms with Crippen LogP contribution in [0.4, 0.5) is 0 Å². The van der Waals surface area contributed by atoms with E-state index in [9.17, 15) is 9.59 Å². The van der Waals surface area contributed by atoms with Crippen molar-refractivity contribution < 1.29 is 9.59 Å². The molecule has 1 fully saturated rings. The molecule has 0 radical (unpaired) electrons. The number of piperidine rings is 1. The van der Waals surface area contributed by atoms with Gasteiger partial charge in [-0.1, -0.05) is 25.1 Å². The molecule has 5 heteroatoms. The zero-order valence-corrected chi connectivity index (χ0v) is 16.6. The fourth-order valence-electron chi connectivity index (χ4n) is 5.76. The summed E-state index contributed by atoms with van der Waals surface area (Å²) >= 11 is 0. The van der Waals surface area contributed by atoms with Crippen molar-refractivity contribution >= 4 is 28.8 Å². The molecule has 0 saturated carbocycles. The highest BCUT2D eigenvalue weighted by molar-refractivity contribution is 6.17. The van der Waals surface area contributed by atoms with Crippen LogP contribution in [0.5, 0.6) is 0 Å². The lowest BCUT2D eigenvalue weighted by Gasteiger charge is -2.53. The van der Waals surface area contributed by atoms with E-state index in [1.165, 1.54) is 16.6 Å². The summed E-state index contributed by atoms with van der Waals surface area (Å²) in [5.41, 5.74) is 4.48. The number of rotatable bonds is 4. The number of aromatic nitrogens is 1. The number of aldehydes is 1. The van der Waals surface area contributed by atoms with Gasteiger partial charge in [-0.2, -0.15) is 0 Å². The van der Waals surface area contributed by atoms with Gasteiger partial charge in [-0.05, 0) is 56.9 Å². The molecular weight excluding hydrogens is 350 g/mol. The minimum absolute atomic E-state index is 0.0190. The van der Waals surface area contributed by atoms with Crippen LogP contribution in [0.1, 0.15) is 50.4 Å². The van der Waals surface area contributed by atoms with E-state index in [-0.39, 0.29) is 11.3 Å². The van der Waals surface area contributed by atoms with Gasteiger partial charge >= 0.3 is 0 Å². The van der Waals surface area contributed by atoms with Crippen molar-refractivity contribution in [1.82, 2.24) is 14.8 Å². The fourth-order valence-corrected chi connectivity index (χ4v) is 5.76. The summed E-state index contributed by atoms with van der Waals surface area (Å²) in [4.78, 5) is 27.0. The van der Waals surface area contributed by atoms with Gasteiger partial charge in [-0.15, -0.1) is 0 Å². The topological polar surface area (TPSA) is 54.3 Å². The summed E-state index contributed by atoms with van der Waals surface area (Å²) < 4.78 is 2.19. The van der Waals surface area contributed by atoms with Crippen LogP contribution in [0.25, 0.3) is 16.6 Å². The molecule has 0 spiro atoms. The maximum Gasteiger partial charge on any atom is 0.268 e. The first-order valence-corrected chi connectivity index (χ1v) is 10.5. The zero-order chi connectivity index (χ0) is 19.5. The second-order valence-corrected chi connectivity index (χ2v) is 8.52. The lowest BCUT2D eigenvalue weighted by atomic mass is 9.66. The van der Waals surface area contributed by atoms with Gasteiger partial charge in [0.25, 0.3) is 5.91 Å². The van der Waals surface area contributed by atoms with E-state index in [4.69, 9.17) is 0 Å². The summed E-state index contributed by atoms with van der Waals surface area (Å²) in [5.74, 6) is -0.155. The van der Waals surface area contributed by atoms with Gasteiger partial charge in [0.1, 0.15) is 12.0 Å². The molecule has 2 aromatic rings. The monoisotopic (exact) mass is 377 g/mol. The Morgan fingerprint density at radius 1 is 1.36 bits per heavy atom. The van der Waals surface area contributed by atoms with Gasteiger partial charge in [0, 0.05) is 23.0 Å². The molecule has 3 atom stereocenters. The molecule has 1 saturated heterocycles. The van der Waals surface area contributed by atoms with Crippen LogP contribution in [0.3, 0.4) is 0 Å². The summed E-state index contributed by atoms with van der Waals surface area (Å²) in [7, 11) is 0. The van der Waals surface area contributed by atoms with Gasteiger partial charge in [-0.25, -0.2) is 0 Å². The molecule has 1 unspecified atom stereocenters. The minimum Gasteiger partial charge on any atom is -0.342 e. The Kier molecular flexibility index (Phi) is 3.98. The van der Waals surface area contributed by atoms with Crippen LogP contribution in [-0.4, -0.2) is 40.8 Å². The van der Waals surface area contributed by atoms with Gasteiger partial charge in [0.2, 0.25) is 0 Å². The Hall–Kier alpha value is -2.40. The van der Waals surface area contributed by atoms with Crippen molar-refractivity contribution in [3.8, 4) is 0 Å². The Balaban J connectivity index is 1.79. The first-order valence-electron chi connectivity index (χ1n) is 10.5. The second kappa shape index (κ2) is 6.31. The third-order valence-electron chi connectivity index (χ3n) is 7.04. The zero-order valence-electron chi connectivity index (χ0n) is 16.6. The largest absolute Gasteiger partial charge is 0.342 e. The SMILES string of the molecule is CC[C@@]12C=C(C(=O)NC(C)C=O)n3c4c(c5ccccc53)CCN(CCC1)[C@H]42. The van der Waals surface area contributed by atoms with Crippen molar-refractivity contribution in [1.29, 1.82) is 0 Å². The molecule has 0 aliphatic carbocycles. The number of fused-ring (bicyclic) bond motifs is 3. The summed E-state index contributed by atoms with van der Waals surface area (Å²) in [6.45, 7) is 6.18. The molecular formula is C23H27N3O2. The number of para-hydroxylation sites is 1. The summed E-state index contributed by atoms with van der Waals surface area (Å²) in [6, 6.07) is 8.27. The lowest BCUT2D eigenvalue weighted by Crippen LogP contribution is -2.51. The van der Waals surface area contributed by atoms with Crippen LogP contribution in [-0.2, 0) is 16.0 Å². The first kappa shape index (κ1) is 17.7. The van der Waals surface area contributed by atoms with Gasteiger partial charge in [0.05, 0.1) is 17.6 Å². The Morgan fingerprint density at radius 2 is 2.18 bits per heavy atom. The molecule has 1 amide bonds. The van der Waals surface area contributed by atoms with Crippen molar-refractivity contribution in [2.75, 3.05) is 13.1 Å². The predicted molar refractivity (Wildman–Crippen MR) is 110 cm³/mol. The van der Waals surface area contributed by atoms with Crippen LogP contribution < -0.4 is 5.32 Å². The molecule has 0 bridgehead atoms. The quantitative estimate of drug-likeness (QED) is 0.832. The number of amides is 1. The number of carbonyl (C=O) groups excluding carboxylic acids is 2. The molecule has 3 aliphatic heterocycles. The van der Waals surface area contributed by atoms with E-state index in [0.29, 0.717) is 11.7 Å². The predicted octanol–water partition coefficient (Wildman–Crippen LogP) is 3.29. The molecule has 1 aromatic heterocycles. The number of hydrogen-bond acceptors (Lipinski definition) is 3. The van der Waals surface area contributed by atoms with E-state index in [0.717, 1.165) is 50.6 Å². The highest BCUT2D eigenvalue weighted by Crippen LogP contribution is 2.56. The van der Waals surface area contributed by atoms with E-state index < -0.39 is 6.04 Å². The smallest absolute Gasteiger partial charge is 0.268 e. The normalized spacial score (nSPS) is 27.1. The number of nitrogens with zero attached hydrogens (tertiary/aromatic N) is 2. The highest BCUT2D eigenvalue weighted by atomic mass is 16.2. The Morgan fingerprint density at radius 3 is 2.96 bits per heavy atom. The first-order chi connectivity index (χ1) is 13.6. The van der Waals surface area contributed by atoms with E-state index in [1.807, 2.05) is 6.07 Å². The van der Waals surface area contributed by atoms with Crippen LogP contribution in [0, 0.1) is 5.41 Å². The molecule has 4 heterocycles. The molecule has 1 aromatic carbocycles. The van der Waals surface area contributed by atoms with Crippen molar-refractivity contribution in [3.05, 3.63) is 41.6 Å². The fraction of sp³-hybridized carbons (Fsp3) is 0.478. The molecule has 28 heavy (non-hydrogen) atoms. The third-order valence-corrected chi connectivity index (χ3v) is 7.04. The maximum absolute atomic E-state index is 13.2. The maximum atomic E-state index is 13.2. The Labute approximate surface area is 165 Å². The summed E-state index contributed by atoms with van der Waals surface area (Å²) in [6.07, 6.45) is 7.31. The highest BCUT2D eigenvalue weighted by Gasteiger charge is 2.50. The third kappa shape index (κ3) is 2.29. The number of hydrogen-bond donors (Lipinski definition) is 1. The second-order valence-electron chi connectivity index (χ2n) is 8.52. The number of nitrogens with one attached hydrogen (secondary N) is 1. The van der Waals surface area contributed by atoms with Crippen LogP contribution in [0.15, 0.2) is 30.3 Å². The van der Waals surface area contributed by atoms with Crippen molar-refractivity contribution in [2.24, 2.45) is 5.41 Å². The van der Waals surface area contributed by atoms with Crippen LogP contribution in [0.2, 0.25) is 0 Å². The average molecular weight is 377 g/mol. The van der Waals surface area contributed by atoms with Gasteiger partial charge in [0.15, 0.2) is 0 Å². The van der Waals surface area contributed by atoms with Gasteiger partial charge in [-0.3, -0.25) is 9.69 Å². The van der Waals surface area contributed by atoms with Crippen molar-refractivity contribution in [3.63, 3.8) is 0 Å². The van der Waals surface area contributed by atoms with E-state index in [2.05, 4.69) is 46.0 Å². The Bertz CT molecular complexity index is 1000. The molecule has 1 N–H and O–H groups in total. The molecule has 5 nitrogen and oxygen atoms in total. The molecule has 146 valence electrons. The van der Waals surface area contributed by atoms with Crippen molar-refractivity contribution in [2.45, 2.75) is 51.6 Å². The number of carbonyl (C=O) groups is 2. The standard InChI is InChI=1S/C23H27N3O2/c1-3-23-10-6-11-25-12-9-17-16-7-4-5-8-18(16)26(20(17)21(23)25)19(13-23)22(28)24-15(2)14-27/h4-5,7-8,13-15,21H,3,6,9-12H2,1-2H3,(H,24,28)/t15?,21-,23+/m1/s1. The lowest BCUT2D eigenvalue weighted by molar-refractivity contribution is -0.119. The number of benzene rings is 1. The average Bonchev–Trinajstić information content (AvgIpc) is 3.07.